The Morgan fingerprint density at radius 2 is 1.86 bits per heavy atom. The van der Waals surface area contributed by atoms with Crippen LogP contribution in [0.15, 0.2) is 0 Å². The predicted molar refractivity (Wildman–Crippen MR) is 56.5 cm³/mol. The molecule has 0 radical (unpaired) electrons. The van der Waals surface area contributed by atoms with Gasteiger partial charge in [-0.15, -0.1) is 11.8 Å². The van der Waals surface area contributed by atoms with Gasteiger partial charge < -0.3 is 16.6 Å². The summed E-state index contributed by atoms with van der Waals surface area (Å²) in [6.45, 7) is 2.04. The molecule has 5 N–H and O–H groups in total. The third-order valence-electron chi connectivity index (χ3n) is 1.47. The van der Waals surface area contributed by atoms with Gasteiger partial charge in [-0.3, -0.25) is 0 Å². The second-order valence-electron chi connectivity index (χ2n) is 2.77. The standard InChI is InChI=1S/C7H13N5OS/c1-4(2-13)14-3-5-10-6(8)12-7(9)11-5/h4,13H,2-3H2,1H3,(H4,8,9,10,11,12). The lowest BCUT2D eigenvalue weighted by Crippen LogP contribution is -2.08. The molecule has 0 saturated carbocycles. The number of nitrogen functional groups attached to an aromatic ring is 2. The molecule has 14 heavy (non-hydrogen) atoms. The first kappa shape index (κ1) is 11.0. The van der Waals surface area contributed by atoms with Gasteiger partial charge in [0.15, 0.2) is 0 Å². The van der Waals surface area contributed by atoms with Gasteiger partial charge in [0.1, 0.15) is 5.82 Å². The van der Waals surface area contributed by atoms with Crippen molar-refractivity contribution in [2.24, 2.45) is 0 Å². The highest BCUT2D eigenvalue weighted by Crippen LogP contribution is 2.15. The molecule has 1 unspecified atom stereocenters. The second kappa shape index (κ2) is 4.97. The van der Waals surface area contributed by atoms with Gasteiger partial charge >= 0.3 is 0 Å². The number of nitrogens with zero attached hydrogens (tertiary/aromatic N) is 3. The van der Waals surface area contributed by atoms with Crippen LogP contribution in [0, 0.1) is 0 Å². The number of hydrogen-bond acceptors (Lipinski definition) is 7. The van der Waals surface area contributed by atoms with Crippen LogP contribution in [0.3, 0.4) is 0 Å². The van der Waals surface area contributed by atoms with Crippen molar-refractivity contribution in [1.29, 1.82) is 0 Å². The average Bonchev–Trinajstić information content (AvgIpc) is 2.12. The maximum atomic E-state index is 8.80. The Labute approximate surface area is 86.1 Å². The monoisotopic (exact) mass is 215 g/mol. The van der Waals surface area contributed by atoms with Crippen molar-refractivity contribution in [2.75, 3.05) is 18.1 Å². The van der Waals surface area contributed by atoms with Gasteiger partial charge in [0.25, 0.3) is 0 Å². The molecule has 78 valence electrons. The minimum absolute atomic E-state index is 0.126. The summed E-state index contributed by atoms with van der Waals surface area (Å²) in [7, 11) is 0. The third kappa shape index (κ3) is 3.35. The molecule has 0 amide bonds. The molecule has 0 bridgehead atoms. The van der Waals surface area contributed by atoms with Gasteiger partial charge in [0, 0.05) is 5.25 Å². The van der Waals surface area contributed by atoms with E-state index in [2.05, 4.69) is 15.0 Å². The van der Waals surface area contributed by atoms with E-state index in [4.69, 9.17) is 16.6 Å². The minimum atomic E-state index is 0.126. The molecule has 1 heterocycles. The van der Waals surface area contributed by atoms with Crippen LogP contribution >= 0.6 is 11.8 Å². The molecule has 0 fully saturated rings. The third-order valence-corrected chi connectivity index (χ3v) is 2.61. The van der Waals surface area contributed by atoms with Crippen molar-refractivity contribution in [2.45, 2.75) is 17.9 Å². The Morgan fingerprint density at radius 1 is 1.29 bits per heavy atom. The zero-order chi connectivity index (χ0) is 10.6. The first-order valence-corrected chi connectivity index (χ1v) is 5.15. The van der Waals surface area contributed by atoms with Crippen LogP contribution in [-0.2, 0) is 5.75 Å². The molecule has 0 spiro atoms. The normalized spacial score (nSPS) is 12.7. The molecular formula is C7H13N5OS. The van der Waals surface area contributed by atoms with Crippen LogP contribution in [-0.4, -0.2) is 31.9 Å². The highest BCUT2D eigenvalue weighted by molar-refractivity contribution is 7.99. The van der Waals surface area contributed by atoms with Crippen LogP contribution in [0.25, 0.3) is 0 Å². The van der Waals surface area contributed by atoms with Gasteiger partial charge in [-0.1, -0.05) is 6.92 Å². The molecule has 0 saturated heterocycles. The summed E-state index contributed by atoms with van der Waals surface area (Å²) in [5.74, 6) is 1.37. The Balaban J connectivity index is 2.58. The highest BCUT2D eigenvalue weighted by atomic mass is 32.2. The van der Waals surface area contributed by atoms with Gasteiger partial charge in [0.2, 0.25) is 11.9 Å². The smallest absolute Gasteiger partial charge is 0.225 e. The summed E-state index contributed by atoms with van der Waals surface area (Å²) in [5, 5.41) is 8.95. The summed E-state index contributed by atoms with van der Waals surface area (Å²) < 4.78 is 0. The van der Waals surface area contributed by atoms with E-state index >= 15 is 0 Å². The first-order chi connectivity index (χ1) is 6.61. The van der Waals surface area contributed by atoms with E-state index in [1.54, 1.807) is 0 Å². The van der Waals surface area contributed by atoms with E-state index in [0.29, 0.717) is 11.6 Å². The van der Waals surface area contributed by atoms with E-state index in [9.17, 15) is 0 Å². The van der Waals surface area contributed by atoms with Crippen molar-refractivity contribution in [3.8, 4) is 0 Å². The van der Waals surface area contributed by atoms with E-state index in [-0.39, 0.29) is 23.8 Å². The van der Waals surface area contributed by atoms with Crippen molar-refractivity contribution >= 4 is 23.7 Å². The molecule has 1 rings (SSSR count). The number of aliphatic hydroxyl groups excluding tert-OH is 1. The Kier molecular flexibility index (Phi) is 3.90. The molecule has 1 aromatic rings. The van der Waals surface area contributed by atoms with E-state index in [0.717, 1.165) is 0 Å². The van der Waals surface area contributed by atoms with Crippen LogP contribution in [0.4, 0.5) is 11.9 Å². The molecule has 0 aliphatic carbocycles. The van der Waals surface area contributed by atoms with Gasteiger partial charge in [-0.2, -0.15) is 15.0 Å². The molecular weight excluding hydrogens is 202 g/mol. The predicted octanol–water partition coefficient (Wildman–Crippen LogP) is -0.350. The number of hydrogen-bond donors (Lipinski definition) is 3. The fourth-order valence-corrected chi connectivity index (χ4v) is 1.46. The lowest BCUT2D eigenvalue weighted by molar-refractivity contribution is 0.300. The van der Waals surface area contributed by atoms with Crippen LogP contribution < -0.4 is 11.5 Å². The summed E-state index contributed by atoms with van der Waals surface area (Å²) in [4.78, 5) is 11.5. The SMILES string of the molecule is CC(CO)SCc1nc(N)nc(N)n1. The topological polar surface area (TPSA) is 111 Å². The summed E-state index contributed by atoms with van der Waals surface area (Å²) in [5.41, 5.74) is 10.8. The lowest BCUT2D eigenvalue weighted by Gasteiger charge is -2.06. The molecule has 0 aliphatic heterocycles. The average molecular weight is 215 g/mol. The van der Waals surface area contributed by atoms with Crippen LogP contribution in [0.2, 0.25) is 0 Å². The van der Waals surface area contributed by atoms with E-state index in [1.807, 2.05) is 6.92 Å². The zero-order valence-corrected chi connectivity index (χ0v) is 8.66. The van der Waals surface area contributed by atoms with E-state index < -0.39 is 0 Å². The second-order valence-corrected chi connectivity index (χ2v) is 4.20. The Morgan fingerprint density at radius 3 is 2.36 bits per heavy atom. The zero-order valence-electron chi connectivity index (χ0n) is 7.84. The molecule has 0 aromatic carbocycles. The largest absolute Gasteiger partial charge is 0.395 e. The van der Waals surface area contributed by atoms with Crippen molar-refractivity contribution in [3.63, 3.8) is 0 Å². The van der Waals surface area contributed by atoms with Crippen molar-refractivity contribution in [3.05, 3.63) is 5.82 Å². The number of rotatable bonds is 4. The summed E-state index contributed by atoms with van der Waals surface area (Å²) in [6.07, 6.45) is 0. The van der Waals surface area contributed by atoms with Crippen LogP contribution in [0.5, 0.6) is 0 Å². The molecule has 0 aliphatic rings. The minimum Gasteiger partial charge on any atom is -0.395 e. The maximum absolute atomic E-state index is 8.80. The van der Waals surface area contributed by atoms with Gasteiger partial charge in [-0.05, 0) is 0 Å². The first-order valence-electron chi connectivity index (χ1n) is 4.10. The Hall–Kier alpha value is -1.08. The van der Waals surface area contributed by atoms with Gasteiger partial charge in [0.05, 0.1) is 12.4 Å². The van der Waals surface area contributed by atoms with Crippen molar-refractivity contribution < 1.29 is 5.11 Å². The van der Waals surface area contributed by atoms with Gasteiger partial charge in [-0.25, -0.2) is 0 Å². The number of nitrogens with two attached hydrogens (primary N) is 2. The maximum Gasteiger partial charge on any atom is 0.225 e. The quantitative estimate of drug-likeness (QED) is 0.629. The van der Waals surface area contributed by atoms with Crippen molar-refractivity contribution in [1.82, 2.24) is 15.0 Å². The van der Waals surface area contributed by atoms with Crippen LogP contribution in [0.1, 0.15) is 12.7 Å². The Bertz CT molecular complexity index is 288. The van der Waals surface area contributed by atoms with E-state index in [1.165, 1.54) is 11.8 Å². The molecule has 1 aromatic heterocycles. The number of aliphatic hydroxyl groups is 1. The lowest BCUT2D eigenvalue weighted by atomic mass is 10.5. The highest BCUT2D eigenvalue weighted by Gasteiger charge is 2.05. The fraction of sp³-hybridized carbons (Fsp3) is 0.571. The number of thioether (sulfide) groups is 1. The summed E-state index contributed by atoms with van der Waals surface area (Å²) in [6, 6.07) is 0. The molecule has 7 heteroatoms. The molecule has 1 atom stereocenters. The number of anilines is 2. The molecule has 6 nitrogen and oxygen atoms in total. The fourth-order valence-electron chi connectivity index (χ4n) is 0.791. The summed E-state index contributed by atoms with van der Waals surface area (Å²) >= 11 is 1.53. The number of aromatic nitrogens is 3.